The highest BCUT2D eigenvalue weighted by atomic mass is 16.5. The predicted octanol–water partition coefficient (Wildman–Crippen LogP) is 3.89. The van der Waals surface area contributed by atoms with Crippen LogP contribution in [0.4, 0.5) is 0 Å². The van der Waals surface area contributed by atoms with Crippen molar-refractivity contribution in [2.75, 3.05) is 13.2 Å². The zero-order valence-corrected chi connectivity index (χ0v) is 15.5. The maximum absolute atomic E-state index is 11.7. The fourth-order valence-electron chi connectivity index (χ4n) is 2.65. The number of carbonyl (C=O) groups is 1. The maximum Gasteiger partial charge on any atom is 0.306 e. The van der Waals surface area contributed by atoms with E-state index in [9.17, 15) is 9.90 Å². The van der Waals surface area contributed by atoms with Gasteiger partial charge in [-0.25, -0.2) is 0 Å². The molecule has 0 amide bonds. The Labute approximate surface area is 145 Å². The summed E-state index contributed by atoms with van der Waals surface area (Å²) in [6, 6.07) is 4.03. The molecule has 0 aliphatic rings. The summed E-state index contributed by atoms with van der Waals surface area (Å²) in [4.78, 5) is 11.7. The number of aryl methyl sites for hydroxylation is 2. The number of rotatable bonds is 10. The lowest BCUT2D eigenvalue weighted by Gasteiger charge is -2.26. The van der Waals surface area contributed by atoms with Gasteiger partial charge in [0.05, 0.1) is 6.61 Å². The van der Waals surface area contributed by atoms with E-state index in [-0.39, 0.29) is 31.0 Å². The molecule has 0 aromatic heterocycles. The first-order valence-corrected chi connectivity index (χ1v) is 8.97. The Balaban J connectivity index is 3.02. The number of unbranched alkanes of at least 4 members (excludes halogenated alkanes) is 1. The third-order valence-electron chi connectivity index (χ3n) is 4.63. The standard InChI is InChI=1S/C20H32O4/c1-5-7-8-16-13-15(9-10-18(22)24-12-11-21)14-17(19(16)23)20(3,4)6-2/h13-14,21,23H,5-12H2,1-4H3. The normalized spacial score (nSPS) is 11.5. The van der Waals surface area contributed by atoms with Gasteiger partial charge in [-0.2, -0.15) is 0 Å². The number of hydrogen-bond acceptors (Lipinski definition) is 4. The maximum atomic E-state index is 11.7. The number of esters is 1. The molecular formula is C20H32O4. The number of phenols is 1. The summed E-state index contributed by atoms with van der Waals surface area (Å²) in [6.45, 7) is 8.40. The van der Waals surface area contributed by atoms with Crippen molar-refractivity contribution >= 4 is 5.97 Å². The van der Waals surface area contributed by atoms with E-state index in [1.807, 2.05) is 12.1 Å². The van der Waals surface area contributed by atoms with Crippen LogP contribution >= 0.6 is 0 Å². The smallest absolute Gasteiger partial charge is 0.306 e. The second kappa shape index (κ2) is 9.67. The van der Waals surface area contributed by atoms with Crippen molar-refractivity contribution in [3.8, 4) is 5.75 Å². The van der Waals surface area contributed by atoms with E-state index in [2.05, 4.69) is 27.7 Å². The number of aliphatic hydroxyl groups excluding tert-OH is 1. The molecule has 0 aliphatic heterocycles. The highest BCUT2D eigenvalue weighted by Crippen LogP contribution is 2.37. The van der Waals surface area contributed by atoms with Gasteiger partial charge >= 0.3 is 5.97 Å². The summed E-state index contributed by atoms with van der Waals surface area (Å²) in [5.41, 5.74) is 2.86. The predicted molar refractivity (Wildman–Crippen MR) is 96.4 cm³/mol. The van der Waals surface area contributed by atoms with Gasteiger partial charge in [0, 0.05) is 12.0 Å². The van der Waals surface area contributed by atoms with Crippen molar-refractivity contribution in [1.82, 2.24) is 0 Å². The quantitative estimate of drug-likeness (QED) is 0.636. The lowest BCUT2D eigenvalue weighted by Crippen LogP contribution is -2.17. The van der Waals surface area contributed by atoms with E-state index in [1.165, 1.54) is 0 Å². The summed E-state index contributed by atoms with van der Waals surface area (Å²) >= 11 is 0. The van der Waals surface area contributed by atoms with Crippen LogP contribution in [0.3, 0.4) is 0 Å². The third kappa shape index (κ3) is 5.82. The minimum absolute atomic E-state index is 0.0459. The van der Waals surface area contributed by atoms with Gasteiger partial charge in [-0.05, 0) is 42.2 Å². The molecule has 0 saturated carbocycles. The molecule has 1 aromatic rings. The Morgan fingerprint density at radius 1 is 1.21 bits per heavy atom. The van der Waals surface area contributed by atoms with Crippen molar-refractivity contribution < 1.29 is 19.7 Å². The number of aromatic hydroxyl groups is 1. The third-order valence-corrected chi connectivity index (χ3v) is 4.63. The molecule has 4 nitrogen and oxygen atoms in total. The molecule has 0 fully saturated rings. The molecule has 1 aromatic carbocycles. The first kappa shape index (κ1) is 20.5. The molecule has 24 heavy (non-hydrogen) atoms. The van der Waals surface area contributed by atoms with E-state index in [0.717, 1.165) is 42.4 Å². The Morgan fingerprint density at radius 2 is 1.92 bits per heavy atom. The highest BCUT2D eigenvalue weighted by molar-refractivity contribution is 5.69. The van der Waals surface area contributed by atoms with Crippen molar-refractivity contribution in [1.29, 1.82) is 0 Å². The van der Waals surface area contributed by atoms with Crippen LogP contribution in [0, 0.1) is 0 Å². The summed E-state index contributed by atoms with van der Waals surface area (Å²) in [5, 5.41) is 19.4. The fraction of sp³-hybridized carbons (Fsp3) is 0.650. The van der Waals surface area contributed by atoms with Crippen LogP contribution in [0.25, 0.3) is 0 Å². The highest BCUT2D eigenvalue weighted by Gasteiger charge is 2.24. The first-order chi connectivity index (χ1) is 11.4. The van der Waals surface area contributed by atoms with Crippen molar-refractivity contribution in [3.63, 3.8) is 0 Å². The molecular weight excluding hydrogens is 304 g/mol. The lowest BCUT2D eigenvalue weighted by molar-refractivity contribution is -0.144. The van der Waals surface area contributed by atoms with Crippen LogP contribution in [0.15, 0.2) is 12.1 Å². The molecule has 136 valence electrons. The molecule has 0 unspecified atom stereocenters. The molecule has 0 spiro atoms. The summed E-state index contributed by atoms with van der Waals surface area (Å²) < 4.78 is 4.91. The van der Waals surface area contributed by atoms with Gasteiger partial charge in [0.15, 0.2) is 0 Å². The number of phenolic OH excluding ortho intramolecular Hbond substituents is 1. The van der Waals surface area contributed by atoms with Gasteiger partial charge < -0.3 is 14.9 Å². The van der Waals surface area contributed by atoms with E-state index in [4.69, 9.17) is 9.84 Å². The number of ether oxygens (including phenoxy) is 1. The SMILES string of the molecule is CCCCc1cc(CCC(=O)OCCO)cc(C(C)(C)CC)c1O. The largest absolute Gasteiger partial charge is 0.507 e. The molecule has 0 bridgehead atoms. The van der Waals surface area contributed by atoms with Crippen molar-refractivity contribution in [3.05, 3.63) is 28.8 Å². The Kier molecular flexibility index (Phi) is 8.26. The van der Waals surface area contributed by atoms with Gasteiger partial charge in [-0.1, -0.05) is 46.2 Å². The zero-order chi connectivity index (χ0) is 18.2. The van der Waals surface area contributed by atoms with Gasteiger partial charge in [-0.15, -0.1) is 0 Å². The average molecular weight is 336 g/mol. The Hall–Kier alpha value is -1.55. The minimum atomic E-state index is -0.302. The second-order valence-electron chi connectivity index (χ2n) is 6.94. The molecule has 2 N–H and O–H groups in total. The topological polar surface area (TPSA) is 66.8 Å². The monoisotopic (exact) mass is 336 g/mol. The molecule has 0 atom stereocenters. The molecule has 0 saturated heterocycles. The van der Waals surface area contributed by atoms with Gasteiger partial charge in [0.2, 0.25) is 0 Å². The molecule has 0 heterocycles. The summed E-state index contributed by atoms with van der Waals surface area (Å²) in [6.07, 6.45) is 4.74. The Bertz CT molecular complexity index is 535. The molecule has 0 radical (unpaired) electrons. The first-order valence-electron chi connectivity index (χ1n) is 8.97. The minimum Gasteiger partial charge on any atom is -0.507 e. The van der Waals surface area contributed by atoms with Crippen LogP contribution in [0.1, 0.15) is 70.1 Å². The average Bonchev–Trinajstić information content (AvgIpc) is 2.57. The summed E-state index contributed by atoms with van der Waals surface area (Å²) in [7, 11) is 0. The number of carbonyl (C=O) groups excluding carboxylic acids is 1. The van der Waals surface area contributed by atoms with Gasteiger partial charge in [-0.3, -0.25) is 4.79 Å². The Morgan fingerprint density at radius 3 is 2.50 bits per heavy atom. The zero-order valence-electron chi connectivity index (χ0n) is 15.5. The van der Waals surface area contributed by atoms with Crippen LogP contribution in [-0.4, -0.2) is 29.4 Å². The van der Waals surface area contributed by atoms with Crippen molar-refractivity contribution in [2.45, 2.75) is 71.6 Å². The van der Waals surface area contributed by atoms with E-state index < -0.39 is 0 Å². The van der Waals surface area contributed by atoms with Crippen molar-refractivity contribution in [2.24, 2.45) is 0 Å². The van der Waals surface area contributed by atoms with E-state index >= 15 is 0 Å². The van der Waals surface area contributed by atoms with Crippen LogP contribution in [0.2, 0.25) is 0 Å². The number of hydrogen-bond donors (Lipinski definition) is 2. The second-order valence-corrected chi connectivity index (χ2v) is 6.94. The van der Waals surface area contributed by atoms with Crippen LogP contribution < -0.4 is 0 Å². The lowest BCUT2D eigenvalue weighted by atomic mass is 9.79. The molecule has 4 heteroatoms. The van der Waals surface area contributed by atoms with E-state index in [0.29, 0.717) is 12.2 Å². The number of aliphatic hydroxyl groups is 1. The molecule has 1 rings (SSSR count). The number of benzene rings is 1. The van der Waals surface area contributed by atoms with Crippen LogP contribution in [0.5, 0.6) is 5.75 Å². The van der Waals surface area contributed by atoms with Gasteiger partial charge in [0.1, 0.15) is 12.4 Å². The van der Waals surface area contributed by atoms with Crippen LogP contribution in [-0.2, 0) is 27.8 Å². The fourth-order valence-corrected chi connectivity index (χ4v) is 2.65. The van der Waals surface area contributed by atoms with Gasteiger partial charge in [0.25, 0.3) is 0 Å². The van der Waals surface area contributed by atoms with E-state index in [1.54, 1.807) is 0 Å². The summed E-state index contributed by atoms with van der Waals surface area (Å²) in [5.74, 6) is 0.102. The molecule has 0 aliphatic carbocycles.